The molecule has 1 aromatic carbocycles. The number of carboxylic acids is 1. The number of imidazole rings is 1. The Morgan fingerprint density at radius 2 is 2.35 bits per heavy atom. The van der Waals surface area contributed by atoms with Crippen LogP contribution in [0.4, 0.5) is 0 Å². The van der Waals surface area contributed by atoms with Crippen LogP contribution in [0.5, 0.6) is 0 Å². The molecule has 106 valence electrons. The van der Waals surface area contributed by atoms with Gasteiger partial charge in [0.25, 0.3) is 0 Å². The average molecular weight is 290 g/mol. The van der Waals surface area contributed by atoms with Gasteiger partial charge >= 0.3 is 5.97 Å². The average Bonchev–Trinajstić information content (AvgIpc) is 3.09. The highest BCUT2D eigenvalue weighted by Gasteiger charge is 2.39. The quantitative estimate of drug-likeness (QED) is 0.856. The number of carboxylic acid groups (broad SMARTS) is 1. The van der Waals surface area contributed by atoms with Crippen molar-refractivity contribution < 1.29 is 9.90 Å². The van der Waals surface area contributed by atoms with E-state index in [0.29, 0.717) is 12.0 Å². The molecule has 5 heteroatoms. The van der Waals surface area contributed by atoms with Crippen molar-refractivity contribution >= 4 is 28.8 Å². The summed E-state index contributed by atoms with van der Waals surface area (Å²) in [6.07, 6.45) is 2.34. The van der Waals surface area contributed by atoms with Crippen molar-refractivity contribution in [2.24, 2.45) is 5.92 Å². The number of thioether (sulfide) groups is 1. The van der Waals surface area contributed by atoms with Crippen molar-refractivity contribution in [3.63, 3.8) is 0 Å². The summed E-state index contributed by atoms with van der Waals surface area (Å²) in [6.45, 7) is 4.26. The molecule has 1 fully saturated rings. The van der Waals surface area contributed by atoms with Gasteiger partial charge in [-0.2, -0.15) is 0 Å². The van der Waals surface area contributed by atoms with E-state index in [1.165, 1.54) is 30.2 Å². The van der Waals surface area contributed by atoms with Crippen LogP contribution in [0, 0.1) is 12.8 Å². The lowest BCUT2D eigenvalue weighted by Gasteiger charge is -2.07. The fraction of sp³-hybridized carbons (Fsp3) is 0.467. The monoisotopic (exact) mass is 290 g/mol. The minimum absolute atomic E-state index is 0.0613. The van der Waals surface area contributed by atoms with Crippen molar-refractivity contribution in [3.8, 4) is 0 Å². The molecule has 1 aliphatic carbocycles. The number of carbonyl (C=O) groups is 1. The summed E-state index contributed by atoms with van der Waals surface area (Å²) in [5.74, 6) is -0.0308. The second-order valence-electron chi connectivity index (χ2n) is 5.41. The predicted molar refractivity (Wildman–Crippen MR) is 80.3 cm³/mol. The first-order valence-corrected chi connectivity index (χ1v) is 7.92. The van der Waals surface area contributed by atoms with E-state index in [4.69, 9.17) is 5.11 Å². The Balaban J connectivity index is 2.02. The molecule has 1 saturated carbocycles. The standard InChI is InChI=1S/C15H18N2O2S/c1-3-10-7-13(10)17-12-5-4-9(2)6-11(12)16-15(17)20-8-14(18)19/h4-6,10,13H,3,7-8H2,1-2H3,(H,18,19). The molecule has 0 aliphatic heterocycles. The molecule has 1 aliphatic rings. The molecule has 2 aromatic rings. The summed E-state index contributed by atoms with van der Waals surface area (Å²) < 4.78 is 2.25. The summed E-state index contributed by atoms with van der Waals surface area (Å²) in [5.41, 5.74) is 3.28. The molecular formula is C15H18N2O2S. The van der Waals surface area contributed by atoms with Gasteiger partial charge < -0.3 is 9.67 Å². The molecule has 0 bridgehead atoms. The Morgan fingerprint density at radius 1 is 1.55 bits per heavy atom. The number of aromatic nitrogens is 2. The number of fused-ring (bicyclic) bond motifs is 1. The first-order chi connectivity index (χ1) is 9.60. The maximum Gasteiger partial charge on any atom is 0.313 e. The number of aliphatic carboxylic acids is 1. The fourth-order valence-corrected chi connectivity index (χ4v) is 3.51. The van der Waals surface area contributed by atoms with Crippen LogP contribution in [0.1, 0.15) is 31.4 Å². The molecule has 2 unspecified atom stereocenters. The van der Waals surface area contributed by atoms with Crippen LogP contribution in [0.2, 0.25) is 0 Å². The molecule has 2 atom stereocenters. The SMILES string of the molecule is CCC1CC1n1c(SCC(=O)O)nc2cc(C)ccc21. The van der Waals surface area contributed by atoms with Gasteiger partial charge in [-0.15, -0.1) is 0 Å². The Bertz CT molecular complexity index is 665. The number of hydrogen-bond acceptors (Lipinski definition) is 3. The highest BCUT2D eigenvalue weighted by atomic mass is 32.2. The predicted octanol–water partition coefficient (Wildman–Crippen LogP) is 3.49. The summed E-state index contributed by atoms with van der Waals surface area (Å²) in [7, 11) is 0. The molecule has 3 rings (SSSR count). The van der Waals surface area contributed by atoms with Gasteiger partial charge in [0.2, 0.25) is 0 Å². The van der Waals surface area contributed by atoms with Gasteiger partial charge in [-0.25, -0.2) is 4.98 Å². The van der Waals surface area contributed by atoms with E-state index >= 15 is 0 Å². The first kappa shape index (κ1) is 13.5. The number of benzene rings is 1. The van der Waals surface area contributed by atoms with Crippen LogP contribution in [0.25, 0.3) is 11.0 Å². The highest BCUT2D eigenvalue weighted by molar-refractivity contribution is 7.99. The van der Waals surface area contributed by atoms with E-state index < -0.39 is 5.97 Å². The van der Waals surface area contributed by atoms with Gasteiger partial charge in [-0.1, -0.05) is 31.2 Å². The minimum Gasteiger partial charge on any atom is -0.481 e. The van der Waals surface area contributed by atoms with Crippen LogP contribution in [-0.2, 0) is 4.79 Å². The van der Waals surface area contributed by atoms with Crippen molar-refractivity contribution in [3.05, 3.63) is 23.8 Å². The smallest absolute Gasteiger partial charge is 0.313 e. The highest BCUT2D eigenvalue weighted by Crippen LogP contribution is 2.48. The van der Waals surface area contributed by atoms with Crippen molar-refractivity contribution in [2.45, 2.75) is 37.9 Å². The lowest BCUT2D eigenvalue weighted by Crippen LogP contribution is -2.03. The number of hydrogen-bond donors (Lipinski definition) is 1. The molecule has 0 spiro atoms. The number of nitrogens with zero attached hydrogens (tertiary/aromatic N) is 2. The van der Waals surface area contributed by atoms with E-state index in [-0.39, 0.29) is 5.75 Å². The van der Waals surface area contributed by atoms with Crippen molar-refractivity contribution in [2.75, 3.05) is 5.75 Å². The Morgan fingerprint density at radius 3 is 3.00 bits per heavy atom. The Hall–Kier alpha value is -1.49. The van der Waals surface area contributed by atoms with E-state index in [0.717, 1.165) is 16.2 Å². The Kier molecular flexibility index (Phi) is 3.46. The van der Waals surface area contributed by atoms with E-state index in [1.807, 2.05) is 0 Å². The summed E-state index contributed by atoms with van der Waals surface area (Å²) in [6, 6.07) is 6.76. The summed E-state index contributed by atoms with van der Waals surface area (Å²) in [4.78, 5) is 15.4. The molecule has 1 N–H and O–H groups in total. The van der Waals surface area contributed by atoms with Gasteiger partial charge in [0.15, 0.2) is 5.16 Å². The maximum absolute atomic E-state index is 10.8. The molecule has 1 aromatic heterocycles. The maximum atomic E-state index is 10.8. The third kappa shape index (κ3) is 2.42. The lowest BCUT2D eigenvalue weighted by atomic mass is 10.2. The van der Waals surface area contributed by atoms with Crippen LogP contribution in [0.3, 0.4) is 0 Å². The van der Waals surface area contributed by atoms with Crippen LogP contribution < -0.4 is 0 Å². The molecule has 4 nitrogen and oxygen atoms in total. The van der Waals surface area contributed by atoms with Crippen LogP contribution >= 0.6 is 11.8 Å². The van der Waals surface area contributed by atoms with Gasteiger partial charge in [0.05, 0.1) is 16.8 Å². The molecule has 1 heterocycles. The third-order valence-electron chi connectivity index (χ3n) is 3.88. The summed E-state index contributed by atoms with van der Waals surface area (Å²) >= 11 is 1.32. The zero-order chi connectivity index (χ0) is 14.3. The topological polar surface area (TPSA) is 55.1 Å². The normalized spacial score (nSPS) is 21.3. The van der Waals surface area contributed by atoms with Crippen LogP contribution in [-0.4, -0.2) is 26.4 Å². The second kappa shape index (κ2) is 5.13. The van der Waals surface area contributed by atoms with E-state index in [2.05, 4.69) is 41.6 Å². The number of aryl methyl sites for hydroxylation is 1. The van der Waals surface area contributed by atoms with Crippen molar-refractivity contribution in [1.82, 2.24) is 9.55 Å². The zero-order valence-corrected chi connectivity index (χ0v) is 12.5. The van der Waals surface area contributed by atoms with Gasteiger partial charge in [0, 0.05) is 6.04 Å². The fourth-order valence-electron chi connectivity index (χ4n) is 2.72. The molecule has 20 heavy (non-hydrogen) atoms. The lowest BCUT2D eigenvalue weighted by molar-refractivity contribution is -0.133. The van der Waals surface area contributed by atoms with Crippen molar-refractivity contribution in [1.29, 1.82) is 0 Å². The molecular weight excluding hydrogens is 272 g/mol. The third-order valence-corrected chi connectivity index (χ3v) is 4.82. The molecule has 0 amide bonds. The minimum atomic E-state index is -0.798. The Labute approximate surface area is 122 Å². The van der Waals surface area contributed by atoms with E-state index in [1.54, 1.807) is 0 Å². The first-order valence-electron chi connectivity index (χ1n) is 6.93. The van der Waals surface area contributed by atoms with Gasteiger partial charge in [-0.3, -0.25) is 4.79 Å². The molecule has 0 saturated heterocycles. The zero-order valence-electron chi connectivity index (χ0n) is 11.7. The van der Waals surface area contributed by atoms with Crippen LogP contribution in [0.15, 0.2) is 23.4 Å². The number of rotatable bonds is 5. The summed E-state index contributed by atoms with van der Waals surface area (Å²) in [5, 5.41) is 9.72. The van der Waals surface area contributed by atoms with Gasteiger partial charge in [-0.05, 0) is 37.0 Å². The van der Waals surface area contributed by atoms with E-state index in [9.17, 15) is 4.79 Å². The van der Waals surface area contributed by atoms with Gasteiger partial charge in [0.1, 0.15) is 0 Å². The second-order valence-corrected chi connectivity index (χ2v) is 6.35. The molecule has 0 radical (unpaired) electrons. The largest absolute Gasteiger partial charge is 0.481 e.